The van der Waals surface area contributed by atoms with Crippen LogP contribution in [0.3, 0.4) is 0 Å². The monoisotopic (exact) mass is 211 g/mol. The van der Waals surface area contributed by atoms with Crippen molar-refractivity contribution in [3.8, 4) is 0 Å². The lowest BCUT2D eigenvalue weighted by Crippen LogP contribution is -2.36. The molecular weight excluding hydrogens is 194 g/mol. The third-order valence-corrected chi connectivity index (χ3v) is 3.94. The van der Waals surface area contributed by atoms with E-state index in [1.165, 1.54) is 29.4 Å². The molecule has 1 aromatic heterocycles. The molecule has 2 N–H and O–H groups in total. The smallest absolute Gasteiger partial charge is 0.107 e. The van der Waals surface area contributed by atoms with Crippen molar-refractivity contribution < 1.29 is 0 Å². The highest BCUT2D eigenvalue weighted by molar-refractivity contribution is 7.11. The summed E-state index contributed by atoms with van der Waals surface area (Å²) in [6.07, 6.45) is 1.34. The van der Waals surface area contributed by atoms with Gasteiger partial charge < -0.3 is 5.73 Å². The summed E-state index contributed by atoms with van der Waals surface area (Å²) in [5, 5.41) is 1.22. The fourth-order valence-electron chi connectivity index (χ4n) is 1.69. The van der Waals surface area contributed by atoms with Crippen LogP contribution in [0.25, 0.3) is 0 Å². The van der Waals surface area contributed by atoms with Crippen molar-refractivity contribution in [1.29, 1.82) is 0 Å². The zero-order valence-corrected chi connectivity index (χ0v) is 9.60. The highest BCUT2D eigenvalue weighted by atomic mass is 32.1. The number of nitrogens with two attached hydrogens (primary N) is 1. The van der Waals surface area contributed by atoms with Gasteiger partial charge in [-0.2, -0.15) is 0 Å². The molecular formula is C10H17N3S. The van der Waals surface area contributed by atoms with Gasteiger partial charge in [0.15, 0.2) is 0 Å². The second-order valence-electron chi connectivity index (χ2n) is 3.98. The van der Waals surface area contributed by atoms with Crippen molar-refractivity contribution in [1.82, 2.24) is 9.88 Å². The van der Waals surface area contributed by atoms with E-state index >= 15 is 0 Å². The first-order chi connectivity index (χ1) is 6.66. The summed E-state index contributed by atoms with van der Waals surface area (Å²) in [5.74, 6) is 0. The highest BCUT2D eigenvalue weighted by Gasteiger charge is 2.17. The first kappa shape index (κ1) is 10.1. The molecule has 1 aliphatic heterocycles. The number of thiazole rings is 1. The number of likely N-dealkylation sites (tertiary alicyclic amines) is 1. The largest absolute Gasteiger partial charge is 0.323 e. The Labute approximate surface area is 88.9 Å². The van der Waals surface area contributed by atoms with Crippen LogP contribution < -0.4 is 5.73 Å². The second-order valence-corrected chi connectivity index (χ2v) is 5.09. The average Bonchev–Trinajstić information content (AvgIpc) is 2.39. The van der Waals surface area contributed by atoms with E-state index in [4.69, 9.17) is 5.73 Å². The first-order valence-electron chi connectivity index (χ1n) is 5.11. The van der Waals surface area contributed by atoms with E-state index < -0.39 is 0 Å². The summed E-state index contributed by atoms with van der Waals surface area (Å²) >= 11 is 1.77. The SMILES string of the molecule is Cc1nc(CN2CCC2)sc1C(C)N. The van der Waals surface area contributed by atoms with Crippen molar-refractivity contribution in [3.05, 3.63) is 15.6 Å². The van der Waals surface area contributed by atoms with Gasteiger partial charge in [-0.15, -0.1) is 11.3 Å². The van der Waals surface area contributed by atoms with E-state index in [9.17, 15) is 0 Å². The maximum Gasteiger partial charge on any atom is 0.107 e. The summed E-state index contributed by atoms with van der Waals surface area (Å²) in [6.45, 7) is 7.54. The van der Waals surface area contributed by atoms with Gasteiger partial charge in [-0.3, -0.25) is 4.90 Å². The maximum atomic E-state index is 5.86. The Kier molecular flexibility index (Phi) is 2.85. The van der Waals surface area contributed by atoms with Crippen LogP contribution in [0, 0.1) is 6.92 Å². The van der Waals surface area contributed by atoms with Crippen LogP contribution in [-0.2, 0) is 6.54 Å². The van der Waals surface area contributed by atoms with E-state index in [1.54, 1.807) is 11.3 Å². The lowest BCUT2D eigenvalue weighted by atomic mass is 10.2. The van der Waals surface area contributed by atoms with Crippen LogP contribution in [0.5, 0.6) is 0 Å². The van der Waals surface area contributed by atoms with Crippen LogP contribution >= 0.6 is 11.3 Å². The van der Waals surface area contributed by atoms with E-state index in [-0.39, 0.29) is 6.04 Å². The third-order valence-electron chi connectivity index (χ3n) is 2.60. The van der Waals surface area contributed by atoms with Crippen LogP contribution in [0.15, 0.2) is 0 Å². The van der Waals surface area contributed by atoms with Gasteiger partial charge in [-0.25, -0.2) is 4.98 Å². The maximum absolute atomic E-state index is 5.86. The summed E-state index contributed by atoms with van der Waals surface area (Å²) < 4.78 is 0. The quantitative estimate of drug-likeness (QED) is 0.827. The summed E-state index contributed by atoms with van der Waals surface area (Å²) in [5.41, 5.74) is 6.97. The molecule has 1 fully saturated rings. The molecule has 0 amide bonds. The predicted molar refractivity (Wildman–Crippen MR) is 59.3 cm³/mol. The lowest BCUT2D eigenvalue weighted by molar-refractivity contribution is 0.172. The van der Waals surface area contributed by atoms with E-state index in [0.29, 0.717) is 0 Å². The van der Waals surface area contributed by atoms with Crippen molar-refractivity contribution in [3.63, 3.8) is 0 Å². The number of nitrogens with zero attached hydrogens (tertiary/aromatic N) is 2. The number of rotatable bonds is 3. The van der Waals surface area contributed by atoms with Crippen molar-refractivity contribution in [2.75, 3.05) is 13.1 Å². The molecule has 0 aliphatic carbocycles. The molecule has 2 rings (SSSR count). The Hall–Kier alpha value is -0.450. The number of hydrogen-bond acceptors (Lipinski definition) is 4. The van der Waals surface area contributed by atoms with Gasteiger partial charge >= 0.3 is 0 Å². The zero-order chi connectivity index (χ0) is 10.1. The molecule has 4 heteroatoms. The second kappa shape index (κ2) is 3.96. The molecule has 78 valence electrons. The van der Waals surface area contributed by atoms with Gasteiger partial charge in [0.25, 0.3) is 0 Å². The van der Waals surface area contributed by atoms with Gasteiger partial charge in [0.05, 0.1) is 12.2 Å². The van der Waals surface area contributed by atoms with Crippen molar-refractivity contribution >= 4 is 11.3 Å². The van der Waals surface area contributed by atoms with Gasteiger partial charge in [0, 0.05) is 10.9 Å². The summed E-state index contributed by atoms with van der Waals surface area (Å²) in [6, 6.07) is 0.123. The standard InChI is InChI=1S/C10H17N3S/c1-7(11)10-8(2)12-9(14-10)6-13-4-3-5-13/h7H,3-6,11H2,1-2H3. The molecule has 0 saturated carbocycles. The zero-order valence-electron chi connectivity index (χ0n) is 8.79. The molecule has 0 radical (unpaired) electrons. The molecule has 0 bridgehead atoms. The number of aromatic nitrogens is 1. The minimum Gasteiger partial charge on any atom is -0.323 e. The van der Waals surface area contributed by atoms with Crippen LogP contribution in [-0.4, -0.2) is 23.0 Å². The molecule has 1 saturated heterocycles. The van der Waals surface area contributed by atoms with Gasteiger partial charge in [0.1, 0.15) is 5.01 Å². The Morgan fingerprint density at radius 1 is 1.57 bits per heavy atom. The lowest BCUT2D eigenvalue weighted by Gasteiger charge is -2.29. The van der Waals surface area contributed by atoms with E-state index in [0.717, 1.165) is 12.2 Å². The Morgan fingerprint density at radius 3 is 2.71 bits per heavy atom. The highest BCUT2D eigenvalue weighted by Crippen LogP contribution is 2.25. The van der Waals surface area contributed by atoms with Crippen molar-refractivity contribution in [2.24, 2.45) is 5.73 Å². The average molecular weight is 211 g/mol. The normalized spacial score (nSPS) is 19.4. The fourth-order valence-corrected chi connectivity index (χ4v) is 2.75. The molecule has 1 atom stereocenters. The Bertz CT molecular complexity index is 315. The predicted octanol–water partition coefficient (Wildman–Crippen LogP) is 1.68. The van der Waals surface area contributed by atoms with Crippen LogP contribution in [0.1, 0.15) is 35.0 Å². The Balaban J connectivity index is 2.07. The van der Waals surface area contributed by atoms with Crippen molar-refractivity contribution in [2.45, 2.75) is 32.9 Å². The molecule has 1 unspecified atom stereocenters. The molecule has 14 heavy (non-hydrogen) atoms. The van der Waals surface area contributed by atoms with Crippen LogP contribution in [0.2, 0.25) is 0 Å². The molecule has 2 heterocycles. The van der Waals surface area contributed by atoms with E-state index in [2.05, 4.69) is 16.8 Å². The Morgan fingerprint density at radius 2 is 2.29 bits per heavy atom. The summed E-state index contributed by atoms with van der Waals surface area (Å²) in [4.78, 5) is 8.21. The minimum absolute atomic E-state index is 0.123. The van der Waals surface area contributed by atoms with E-state index in [1.807, 2.05) is 6.92 Å². The summed E-state index contributed by atoms with van der Waals surface area (Å²) in [7, 11) is 0. The molecule has 0 spiro atoms. The molecule has 1 aliphatic rings. The topological polar surface area (TPSA) is 42.2 Å². The van der Waals surface area contributed by atoms with Crippen LogP contribution in [0.4, 0.5) is 0 Å². The minimum atomic E-state index is 0.123. The fraction of sp³-hybridized carbons (Fsp3) is 0.700. The van der Waals surface area contributed by atoms with Gasteiger partial charge in [-0.05, 0) is 33.4 Å². The number of hydrogen-bond donors (Lipinski definition) is 1. The molecule has 0 aromatic carbocycles. The number of aryl methyl sites for hydroxylation is 1. The van der Waals surface area contributed by atoms with Gasteiger partial charge in [0.2, 0.25) is 0 Å². The molecule has 1 aromatic rings. The first-order valence-corrected chi connectivity index (χ1v) is 5.92. The third kappa shape index (κ3) is 1.97. The van der Waals surface area contributed by atoms with Gasteiger partial charge in [-0.1, -0.05) is 0 Å². The molecule has 3 nitrogen and oxygen atoms in total.